The van der Waals surface area contributed by atoms with Crippen molar-refractivity contribution in [3.8, 4) is 0 Å². The Kier molecular flexibility index (Phi) is 3.47. The standard InChI is InChI=1S/C16H15N3/c1-2-7-16-14(4-1)5-3-6-15(16)11-17-8-13-9-18-12-19-10-13/h1-7,9-10,12,17H,8,11H2. The largest absolute Gasteiger partial charge is 0.308 e. The van der Waals surface area contributed by atoms with Crippen LogP contribution in [0.3, 0.4) is 0 Å². The van der Waals surface area contributed by atoms with Crippen LogP contribution in [0.2, 0.25) is 0 Å². The summed E-state index contributed by atoms with van der Waals surface area (Å²) in [7, 11) is 0. The maximum absolute atomic E-state index is 4.01. The molecule has 0 bridgehead atoms. The molecule has 0 aliphatic heterocycles. The second-order valence-electron chi connectivity index (χ2n) is 4.49. The van der Waals surface area contributed by atoms with Crippen LogP contribution in [0.1, 0.15) is 11.1 Å². The number of nitrogens with zero attached hydrogens (tertiary/aromatic N) is 2. The first-order valence-electron chi connectivity index (χ1n) is 6.35. The van der Waals surface area contributed by atoms with Gasteiger partial charge in [-0.15, -0.1) is 0 Å². The highest BCUT2D eigenvalue weighted by atomic mass is 14.9. The van der Waals surface area contributed by atoms with E-state index in [2.05, 4.69) is 57.7 Å². The van der Waals surface area contributed by atoms with Gasteiger partial charge in [0.25, 0.3) is 0 Å². The van der Waals surface area contributed by atoms with Crippen LogP contribution < -0.4 is 5.32 Å². The van der Waals surface area contributed by atoms with Crippen molar-refractivity contribution >= 4 is 10.8 Å². The summed E-state index contributed by atoms with van der Waals surface area (Å²) in [5.74, 6) is 0. The van der Waals surface area contributed by atoms with E-state index in [1.807, 2.05) is 12.4 Å². The normalized spacial score (nSPS) is 10.7. The van der Waals surface area contributed by atoms with Crippen molar-refractivity contribution in [2.45, 2.75) is 13.1 Å². The van der Waals surface area contributed by atoms with Crippen LogP contribution in [-0.4, -0.2) is 9.97 Å². The van der Waals surface area contributed by atoms with Crippen molar-refractivity contribution in [1.29, 1.82) is 0 Å². The molecular formula is C16H15N3. The fourth-order valence-electron chi connectivity index (χ4n) is 2.21. The van der Waals surface area contributed by atoms with Crippen LogP contribution in [-0.2, 0) is 13.1 Å². The molecule has 0 aliphatic carbocycles. The summed E-state index contributed by atoms with van der Waals surface area (Å²) in [6, 6.07) is 14.9. The molecule has 0 fully saturated rings. The van der Waals surface area contributed by atoms with E-state index in [9.17, 15) is 0 Å². The first-order valence-corrected chi connectivity index (χ1v) is 6.35. The van der Waals surface area contributed by atoms with Gasteiger partial charge in [-0.25, -0.2) is 9.97 Å². The number of rotatable bonds is 4. The van der Waals surface area contributed by atoms with Gasteiger partial charge in [0, 0.05) is 31.0 Å². The molecule has 1 aromatic heterocycles. The molecule has 3 heteroatoms. The van der Waals surface area contributed by atoms with Gasteiger partial charge in [-0.1, -0.05) is 42.5 Å². The summed E-state index contributed by atoms with van der Waals surface area (Å²) in [5, 5.41) is 6.02. The summed E-state index contributed by atoms with van der Waals surface area (Å²) in [6.07, 6.45) is 5.22. The van der Waals surface area contributed by atoms with Crippen LogP contribution in [0.25, 0.3) is 10.8 Å². The van der Waals surface area contributed by atoms with Gasteiger partial charge in [-0.05, 0) is 16.3 Å². The lowest BCUT2D eigenvalue weighted by Crippen LogP contribution is -2.13. The van der Waals surface area contributed by atoms with E-state index in [4.69, 9.17) is 0 Å². The summed E-state index contributed by atoms with van der Waals surface area (Å²) >= 11 is 0. The number of fused-ring (bicyclic) bond motifs is 1. The van der Waals surface area contributed by atoms with Crippen molar-refractivity contribution in [1.82, 2.24) is 15.3 Å². The van der Waals surface area contributed by atoms with E-state index in [0.717, 1.165) is 18.7 Å². The topological polar surface area (TPSA) is 37.8 Å². The molecule has 0 radical (unpaired) electrons. The van der Waals surface area contributed by atoms with Crippen molar-refractivity contribution in [2.24, 2.45) is 0 Å². The quantitative estimate of drug-likeness (QED) is 0.772. The van der Waals surface area contributed by atoms with Gasteiger partial charge < -0.3 is 5.32 Å². The SMILES string of the molecule is c1ccc2c(CNCc3cncnc3)cccc2c1. The van der Waals surface area contributed by atoms with Crippen LogP contribution in [0.4, 0.5) is 0 Å². The molecule has 0 saturated carbocycles. The average molecular weight is 249 g/mol. The molecule has 3 aromatic rings. The molecule has 94 valence electrons. The lowest BCUT2D eigenvalue weighted by Gasteiger charge is -2.08. The molecule has 3 rings (SSSR count). The third-order valence-corrected chi connectivity index (χ3v) is 3.14. The van der Waals surface area contributed by atoms with E-state index >= 15 is 0 Å². The predicted molar refractivity (Wildman–Crippen MR) is 76.5 cm³/mol. The monoisotopic (exact) mass is 249 g/mol. The van der Waals surface area contributed by atoms with Gasteiger partial charge in [-0.2, -0.15) is 0 Å². The zero-order valence-corrected chi connectivity index (χ0v) is 10.6. The minimum Gasteiger partial charge on any atom is -0.308 e. The highest BCUT2D eigenvalue weighted by Gasteiger charge is 2.00. The second-order valence-corrected chi connectivity index (χ2v) is 4.49. The number of aromatic nitrogens is 2. The van der Waals surface area contributed by atoms with Gasteiger partial charge in [-0.3, -0.25) is 0 Å². The van der Waals surface area contributed by atoms with Crippen molar-refractivity contribution < 1.29 is 0 Å². The van der Waals surface area contributed by atoms with E-state index in [1.165, 1.54) is 16.3 Å². The lowest BCUT2D eigenvalue weighted by molar-refractivity contribution is 0.692. The molecule has 0 amide bonds. The third-order valence-electron chi connectivity index (χ3n) is 3.14. The minimum absolute atomic E-state index is 0.782. The third kappa shape index (κ3) is 2.77. The molecule has 2 aromatic carbocycles. The Morgan fingerprint density at radius 2 is 1.63 bits per heavy atom. The van der Waals surface area contributed by atoms with Crippen LogP contribution in [0.5, 0.6) is 0 Å². The maximum Gasteiger partial charge on any atom is 0.115 e. The number of nitrogens with one attached hydrogen (secondary N) is 1. The van der Waals surface area contributed by atoms with Crippen LogP contribution in [0, 0.1) is 0 Å². The Morgan fingerprint density at radius 1 is 0.842 bits per heavy atom. The van der Waals surface area contributed by atoms with E-state index < -0.39 is 0 Å². The Balaban J connectivity index is 1.72. The smallest absolute Gasteiger partial charge is 0.115 e. The van der Waals surface area contributed by atoms with Gasteiger partial charge in [0.05, 0.1) is 0 Å². The van der Waals surface area contributed by atoms with Gasteiger partial charge in [0.1, 0.15) is 6.33 Å². The molecule has 0 unspecified atom stereocenters. The van der Waals surface area contributed by atoms with Gasteiger partial charge in [0.15, 0.2) is 0 Å². The van der Waals surface area contributed by atoms with Crippen molar-refractivity contribution in [3.05, 3.63) is 72.3 Å². The Bertz CT molecular complexity index is 660. The van der Waals surface area contributed by atoms with Gasteiger partial charge >= 0.3 is 0 Å². The predicted octanol–water partition coefficient (Wildman–Crippen LogP) is 2.92. The molecule has 0 spiro atoms. The first-order chi connectivity index (χ1) is 9.43. The first kappa shape index (κ1) is 11.8. The molecule has 1 N–H and O–H groups in total. The number of benzene rings is 2. The summed E-state index contributed by atoms with van der Waals surface area (Å²) in [5.41, 5.74) is 2.41. The van der Waals surface area contributed by atoms with Crippen molar-refractivity contribution in [3.63, 3.8) is 0 Å². The Hall–Kier alpha value is -2.26. The Morgan fingerprint density at radius 3 is 2.53 bits per heavy atom. The highest BCUT2D eigenvalue weighted by Crippen LogP contribution is 2.18. The fourth-order valence-corrected chi connectivity index (χ4v) is 2.21. The van der Waals surface area contributed by atoms with Crippen LogP contribution in [0.15, 0.2) is 61.2 Å². The molecule has 0 aliphatic rings. The van der Waals surface area contributed by atoms with Crippen LogP contribution >= 0.6 is 0 Å². The zero-order chi connectivity index (χ0) is 12.9. The number of hydrogen-bond donors (Lipinski definition) is 1. The maximum atomic E-state index is 4.01. The lowest BCUT2D eigenvalue weighted by atomic mass is 10.0. The van der Waals surface area contributed by atoms with Crippen molar-refractivity contribution in [2.75, 3.05) is 0 Å². The summed E-state index contributed by atoms with van der Waals surface area (Å²) < 4.78 is 0. The molecular weight excluding hydrogens is 234 g/mol. The highest BCUT2D eigenvalue weighted by molar-refractivity contribution is 5.85. The molecule has 0 atom stereocenters. The minimum atomic E-state index is 0.782. The average Bonchev–Trinajstić information content (AvgIpc) is 2.49. The van der Waals surface area contributed by atoms with E-state index in [-0.39, 0.29) is 0 Å². The molecule has 1 heterocycles. The van der Waals surface area contributed by atoms with E-state index in [0.29, 0.717) is 0 Å². The summed E-state index contributed by atoms with van der Waals surface area (Å²) in [4.78, 5) is 8.02. The zero-order valence-electron chi connectivity index (χ0n) is 10.6. The molecule has 0 saturated heterocycles. The molecule has 19 heavy (non-hydrogen) atoms. The second kappa shape index (κ2) is 5.59. The Labute approximate surface area is 112 Å². The fraction of sp³-hybridized carbons (Fsp3) is 0.125. The number of hydrogen-bond acceptors (Lipinski definition) is 3. The van der Waals surface area contributed by atoms with Gasteiger partial charge in [0.2, 0.25) is 0 Å². The van der Waals surface area contributed by atoms with E-state index in [1.54, 1.807) is 6.33 Å². The molecule has 3 nitrogen and oxygen atoms in total. The summed E-state index contributed by atoms with van der Waals surface area (Å²) in [6.45, 7) is 1.63.